The zero-order valence-corrected chi connectivity index (χ0v) is 22.2. The number of fused-ring (bicyclic) bond motifs is 2. The van der Waals surface area contributed by atoms with Crippen molar-refractivity contribution in [3.63, 3.8) is 0 Å². The minimum Gasteiger partial charge on any atom is -0.478 e. The van der Waals surface area contributed by atoms with Gasteiger partial charge >= 0.3 is 11.9 Å². The molecule has 2 unspecified atom stereocenters. The first-order valence-electron chi connectivity index (χ1n) is 13.9. The predicted octanol–water partition coefficient (Wildman–Crippen LogP) is 4.04. The molecule has 0 aromatic heterocycles. The van der Waals surface area contributed by atoms with E-state index in [1.807, 2.05) is 0 Å². The second kappa shape index (κ2) is 7.08. The van der Waals surface area contributed by atoms with Gasteiger partial charge in [-0.15, -0.1) is 0 Å². The van der Waals surface area contributed by atoms with Crippen LogP contribution >= 0.6 is 0 Å². The number of hydrogen-bond acceptors (Lipinski definition) is 7. The van der Waals surface area contributed by atoms with Gasteiger partial charge in [0.25, 0.3) is 0 Å². The highest BCUT2D eigenvalue weighted by atomic mass is 16.7. The van der Waals surface area contributed by atoms with Crippen LogP contribution in [-0.2, 0) is 28.5 Å². The Morgan fingerprint density at radius 2 is 1.89 bits per heavy atom. The number of carboxylic acid groups (broad SMARTS) is 1. The summed E-state index contributed by atoms with van der Waals surface area (Å²) < 4.78 is 32.1. The number of benzene rings is 1. The van der Waals surface area contributed by atoms with Crippen LogP contribution in [0.5, 0.6) is 0 Å². The first kappa shape index (κ1) is 23.6. The molecular weight excluding hydrogens is 488 g/mol. The number of esters is 1. The lowest BCUT2D eigenvalue weighted by Gasteiger charge is -2.73. The van der Waals surface area contributed by atoms with Gasteiger partial charge in [0, 0.05) is 36.0 Å². The van der Waals surface area contributed by atoms with Gasteiger partial charge in [-0.2, -0.15) is 0 Å². The van der Waals surface area contributed by atoms with E-state index in [0.29, 0.717) is 12.5 Å². The molecule has 4 aliphatic heterocycles. The van der Waals surface area contributed by atoms with Crippen LogP contribution in [0.2, 0.25) is 0 Å². The minimum atomic E-state index is -0.966. The average molecular weight is 523 g/mol. The number of carbonyl (C=O) groups excluding carboxylic acids is 1. The molecule has 10 atom stereocenters. The quantitative estimate of drug-likeness (QED) is 0.339. The van der Waals surface area contributed by atoms with E-state index in [4.69, 9.17) is 23.7 Å². The molecule has 3 saturated carbocycles. The molecule has 0 radical (unpaired) electrons. The van der Waals surface area contributed by atoms with E-state index >= 15 is 0 Å². The van der Waals surface area contributed by atoms with Crippen LogP contribution < -0.4 is 0 Å². The van der Waals surface area contributed by atoms with E-state index in [2.05, 4.69) is 20.8 Å². The second-order valence-electron chi connectivity index (χ2n) is 13.1. The molecule has 2 spiro atoms. The predicted molar refractivity (Wildman–Crippen MR) is 132 cm³/mol. The molecule has 2 bridgehead atoms. The summed E-state index contributed by atoms with van der Waals surface area (Å²) in [7, 11) is 1.62. The molecule has 8 heteroatoms. The van der Waals surface area contributed by atoms with Crippen molar-refractivity contribution in [1.29, 1.82) is 0 Å². The topological polar surface area (TPSA) is 104 Å². The summed E-state index contributed by atoms with van der Waals surface area (Å²) in [6.45, 7) is 7.23. The Bertz CT molecular complexity index is 1290. The summed E-state index contributed by atoms with van der Waals surface area (Å²) in [5.74, 6) is -0.278. The first-order chi connectivity index (χ1) is 18.1. The van der Waals surface area contributed by atoms with Crippen LogP contribution in [0.4, 0.5) is 0 Å². The van der Waals surface area contributed by atoms with Gasteiger partial charge in [0.1, 0.15) is 23.9 Å². The van der Waals surface area contributed by atoms with Gasteiger partial charge in [-0.25, -0.2) is 9.59 Å². The molecule has 6 fully saturated rings. The van der Waals surface area contributed by atoms with Crippen LogP contribution in [0, 0.1) is 28.6 Å². The van der Waals surface area contributed by atoms with Crippen LogP contribution in [0.3, 0.4) is 0 Å². The fourth-order valence-corrected chi connectivity index (χ4v) is 10.1. The van der Waals surface area contributed by atoms with E-state index in [9.17, 15) is 14.7 Å². The van der Waals surface area contributed by atoms with Gasteiger partial charge < -0.3 is 28.8 Å². The Hall–Kier alpha value is -2.26. The van der Waals surface area contributed by atoms with Gasteiger partial charge in [-0.3, -0.25) is 0 Å². The monoisotopic (exact) mass is 522 g/mol. The summed E-state index contributed by atoms with van der Waals surface area (Å²) >= 11 is 0. The molecule has 0 amide bonds. The molecule has 38 heavy (non-hydrogen) atoms. The summed E-state index contributed by atoms with van der Waals surface area (Å²) in [6.07, 6.45) is 2.78. The van der Waals surface area contributed by atoms with Crippen molar-refractivity contribution in [3.05, 3.63) is 46.5 Å². The number of carbonyl (C=O) groups is 2. The number of carboxylic acids is 1. The highest BCUT2D eigenvalue weighted by Crippen LogP contribution is 2.89. The molecule has 202 valence electrons. The third kappa shape index (κ3) is 2.40. The van der Waals surface area contributed by atoms with Crippen molar-refractivity contribution < 1.29 is 38.4 Å². The van der Waals surface area contributed by atoms with Gasteiger partial charge in [0.15, 0.2) is 6.29 Å². The molecule has 9 rings (SSSR count). The Morgan fingerprint density at radius 3 is 2.55 bits per heavy atom. The van der Waals surface area contributed by atoms with Crippen LogP contribution in [0.15, 0.2) is 35.4 Å². The number of epoxide rings is 1. The van der Waals surface area contributed by atoms with Crippen LogP contribution in [0.25, 0.3) is 0 Å². The van der Waals surface area contributed by atoms with E-state index < -0.39 is 23.5 Å². The Labute approximate surface area is 221 Å². The first-order valence-corrected chi connectivity index (χ1v) is 13.9. The molecule has 8 aliphatic rings. The molecule has 8 nitrogen and oxygen atoms in total. The van der Waals surface area contributed by atoms with Crippen molar-refractivity contribution in [2.45, 2.75) is 82.3 Å². The highest BCUT2D eigenvalue weighted by Gasteiger charge is 2.96. The SMILES string of the molecule is COC(O[C@@H]1[C@@]2(C(C)C)O[C@H]2[C@@H]2C[C@@]23[C@@]2(C)CCC4=C(COC4=O)[C@@H]2C2C[C@@]13O2)c1ccc(C(=O)O)cc1. The van der Waals surface area contributed by atoms with Crippen molar-refractivity contribution in [1.82, 2.24) is 0 Å². The molecule has 4 aliphatic carbocycles. The summed E-state index contributed by atoms with van der Waals surface area (Å²) in [4.78, 5) is 23.8. The fraction of sp³-hybridized carbons (Fsp3) is 0.667. The van der Waals surface area contributed by atoms with E-state index in [1.54, 1.807) is 31.4 Å². The van der Waals surface area contributed by atoms with Crippen molar-refractivity contribution in [2.24, 2.45) is 28.6 Å². The molecule has 1 aromatic rings. The van der Waals surface area contributed by atoms with Crippen molar-refractivity contribution in [2.75, 3.05) is 13.7 Å². The Morgan fingerprint density at radius 1 is 1.16 bits per heavy atom. The molecule has 1 aromatic carbocycles. The van der Waals surface area contributed by atoms with Crippen molar-refractivity contribution >= 4 is 11.9 Å². The standard InChI is InChI=1S/C30H34O8/c1-14(2)30-22(38-30)19-11-28(19)27(3)10-9-17-18(13-35-24(17)33)21(27)20-12-29(28,37-20)26(30)36-25(34-4)16-7-5-15(6-8-16)23(31)32/h5-8,14,19-22,25-26H,9-13H2,1-4H3,(H,31,32)/t19-,20?,21+,22-,25?,26-,27-,28-,29+,30-/m0/s1. The van der Waals surface area contributed by atoms with Gasteiger partial charge in [0.2, 0.25) is 0 Å². The zero-order valence-electron chi connectivity index (χ0n) is 22.2. The number of methoxy groups -OCH3 is 1. The van der Waals surface area contributed by atoms with E-state index in [-0.39, 0.29) is 52.5 Å². The molecule has 1 N–H and O–H groups in total. The van der Waals surface area contributed by atoms with Gasteiger partial charge in [-0.1, -0.05) is 32.9 Å². The Kier molecular flexibility index (Phi) is 4.40. The maximum Gasteiger partial charge on any atom is 0.335 e. The number of rotatable bonds is 6. The maximum atomic E-state index is 12.4. The van der Waals surface area contributed by atoms with Crippen molar-refractivity contribution in [3.8, 4) is 0 Å². The largest absolute Gasteiger partial charge is 0.478 e. The number of hydrogen-bond donors (Lipinski definition) is 1. The number of ether oxygens (including phenoxy) is 5. The van der Waals surface area contributed by atoms with Crippen LogP contribution in [-0.4, -0.2) is 60.3 Å². The third-order valence-electron chi connectivity index (χ3n) is 11.7. The second-order valence-corrected chi connectivity index (χ2v) is 13.1. The van der Waals surface area contributed by atoms with Crippen LogP contribution in [0.1, 0.15) is 68.7 Å². The lowest BCUT2D eigenvalue weighted by atomic mass is 9.40. The number of aromatic carboxylic acids is 1. The number of cyclic esters (lactones) is 1. The summed E-state index contributed by atoms with van der Waals surface area (Å²) in [5, 5.41) is 9.33. The third-order valence-corrected chi connectivity index (χ3v) is 11.7. The molecular formula is C30H34O8. The maximum absolute atomic E-state index is 12.4. The lowest BCUT2D eigenvalue weighted by Crippen LogP contribution is -2.80. The minimum absolute atomic E-state index is 0.0198. The summed E-state index contributed by atoms with van der Waals surface area (Å²) in [5.41, 5.74) is 2.02. The smallest absolute Gasteiger partial charge is 0.335 e. The Balaban J connectivity index is 1.20. The lowest BCUT2D eigenvalue weighted by molar-refractivity contribution is -0.395. The van der Waals surface area contributed by atoms with Gasteiger partial charge in [0.05, 0.1) is 17.8 Å². The fourth-order valence-electron chi connectivity index (χ4n) is 10.1. The zero-order chi connectivity index (χ0) is 26.4. The van der Waals surface area contributed by atoms with E-state index in [1.165, 1.54) is 5.57 Å². The molecule has 4 heterocycles. The average Bonchev–Trinajstić information content (AvgIpc) is 3.76. The highest BCUT2D eigenvalue weighted by molar-refractivity contribution is 5.92. The van der Waals surface area contributed by atoms with E-state index in [0.717, 1.165) is 36.8 Å². The normalized spacial score (nSPS) is 47.6. The van der Waals surface area contributed by atoms with Gasteiger partial charge in [-0.05, 0) is 54.2 Å². The summed E-state index contributed by atoms with van der Waals surface area (Å²) in [6, 6.07) is 6.69. The molecule has 3 saturated heterocycles.